The lowest BCUT2D eigenvalue weighted by atomic mass is 10.0. The molecule has 0 radical (unpaired) electrons. The zero-order chi connectivity index (χ0) is 24.0. The number of aryl methyl sites for hydroxylation is 2. The molecule has 176 valence electrons. The summed E-state index contributed by atoms with van der Waals surface area (Å²) in [6, 6.07) is 2.97. The molecule has 2 aromatic rings. The van der Waals surface area contributed by atoms with Crippen LogP contribution in [0.4, 0.5) is 13.2 Å². The molecule has 1 aromatic carbocycles. The molecule has 1 aliphatic rings. The molecule has 0 unspecified atom stereocenters. The first-order valence-corrected chi connectivity index (χ1v) is 11.5. The third-order valence-electron chi connectivity index (χ3n) is 5.58. The second-order valence-electron chi connectivity index (χ2n) is 8.21. The van der Waals surface area contributed by atoms with Gasteiger partial charge in [-0.25, -0.2) is 8.42 Å². The molecule has 0 amide bonds. The van der Waals surface area contributed by atoms with E-state index in [1.165, 1.54) is 6.07 Å². The van der Waals surface area contributed by atoms with Crippen molar-refractivity contribution >= 4 is 15.8 Å². The van der Waals surface area contributed by atoms with Crippen LogP contribution in [0.5, 0.6) is 0 Å². The maximum Gasteiger partial charge on any atom is 0.417 e. The van der Waals surface area contributed by atoms with Gasteiger partial charge in [-0.2, -0.15) is 13.2 Å². The van der Waals surface area contributed by atoms with Gasteiger partial charge in [-0.15, -0.1) is 0 Å². The summed E-state index contributed by atoms with van der Waals surface area (Å²) in [7, 11) is -4.50. The van der Waals surface area contributed by atoms with E-state index in [-0.39, 0.29) is 24.5 Å². The highest BCUT2D eigenvalue weighted by Crippen LogP contribution is 2.42. The summed E-state index contributed by atoms with van der Waals surface area (Å²) in [5, 5.41) is 11.9. The summed E-state index contributed by atoms with van der Waals surface area (Å²) in [4.78, 5) is 10.7. The van der Waals surface area contributed by atoms with E-state index in [4.69, 9.17) is 9.26 Å². The van der Waals surface area contributed by atoms with Gasteiger partial charge in [-0.1, -0.05) is 11.2 Å². The Morgan fingerprint density at radius 1 is 1.25 bits per heavy atom. The summed E-state index contributed by atoms with van der Waals surface area (Å²) < 4.78 is 78.8. The van der Waals surface area contributed by atoms with Crippen molar-refractivity contribution in [1.82, 2.24) is 5.16 Å². The Labute approximate surface area is 183 Å². The van der Waals surface area contributed by atoms with Gasteiger partial charge < -0.3 is 14.4 Å². The van der Waals surface area contributed by atoms with Gasteiger partial charge in [-0.05, 0) is 58.2 Å². The first-order valence-electron chi connectivity index (χ1n) is 10.00. The van der Waals surface area contributed by atoms with E-state index < -0.39 is 49.7 Å². The predicted molar refractivity (Wildman–Crippen MR) is 108 cm³/mol. The normalized spacial score (nSPS) is 21.9. The number of rotatable bonds is 6. The Morgan fingerprint density at radius 3 is 2.41 bits per heavy atom. The van der Waals surface area contributed by atoms with Gasteiger partial charge in [0.1, 0.15) is 5.76 Å². The zero-order valence-electron chi connectivity index (χ0n) is 17.9. The number of carboxylic acid groups (broad SMARTS) is 1. The molecule has 1 fully saturated rings. The zero-order valence-corrected chi connectivity index (χ0v) is 18.7. The Hall–Kier alpha value is -2.40. The van der Waals surface area contributed by atoms with E-state index in [1.54, 1.807) is 27.7 Å². The average molecular weight is 475 g/mol. The lowest BCUT2D eigenvalue weighted by molar-refractivity contribution is -0.147. The van der Waals surface area contributed by atoms with Crippen LogP contribution in [0.25, 0.3) is 11.1 Å². The molecule has 32 heavy (non-hydrogen) atoms. The fraction of sp³-hybridized carbons (Fsp3) is 0.524. The molecule has 11 heteroatoms. The molecule has 1 heterocycles. The minimum atomic E-state index is -4.95. The molecule has 0 spiro atoms. The molecule has 1 N–H and O–H groups in total. The van der Waals surface area contributed by atoms with E-state index >= 15 is 0 Å². The van der Waals surface area contributed by atoms with Gasteiger partial charge in [0, 0.05) is 5.56 Å². The Kier molecular flexibility index (Phi) is 6.45. The number of halogens is 3. The van der Waals surface area contributed by atoms with Crippen molar-refractivity contribution in [3.63, 3.8) is 0 Å². The monoisotopic (exact) mass is 475 g/mol. The molecule has 0 saturated heterocycles. The fourth-order valence-electron chi connectivity index (χ4n) is 4.20. The molecule has 0 bridgehead atoms. The van der Waals surface area contributed by atoms with Crippen molar-refractivity contribution in [2.45, 2.75) is 69.1 Å². The predicted octanol–water partition coefficient (Wildman–Crippen LogP) is 4.41. The highest BCUT2D eigenvalue weighted by atomic mass is 32.2. The largest absolute Gasteiger partial charge is 0.481 e. The van der Waals surface area contributed by atoms with Gasteiger partial charge in [0.15, 0.2) is 9.84 Å². The van der Waals surface area contributed by atoms with Gasteiger partial charge in [0.2, 0.25) is 0 Å². The van der Waals surface area contributed by atoms with E-state index in [9.17, 15) is 31.5 Å². The van der Waals surface area contributed by atoms with Gasteiger partial charge >= 0.3 is 12.1 Å². The van der Waals surface area contributed by atoms with E-state index in [2.05, 4.69) is 5.16 Å². The van der Waals surface area contributed by atoms with Crippen molar-refractivity contribution in [2.24, 2.45) is 5.92 Å². The summed E-state index contributed by atoms with van der Waals surface area (Å²) in [6.45, 7) is 6.47. The number of hydrogen-bond donors (Lipinski definition) is 1. The van der Waals surface area contributed by atoms with Gasteiger partial charge in [-0.3, -0.25) is 4.79 Å². The highest BCUT2D eigenvalue weighted by molar-refractivity contribution is 7.92. The number of aromatic nitrogens is 1. The Bertz CT molecular complexity index is 1100. The minimum Gasteiger partial charge on any atom is -0.481 e. The number of benzene rings is 1. The van der Waals surface area contributed by atoms with Crippen molar-refractivity contribution < 1.29 is 40.8 Å². The number of aliphatic carboxylic acids is 1. The van der Waals surface area contributed by atoms with Crippen molar-refractivity contribution in [3.05, 3.63) is 35.2 Å². The summed E-state index contributed by atoms with van der Waals surface area (Å²) in [6.07, 6.45) is -6.72. The van der Waals surface area contributed by atoms with E-state index in [0.29, 0.717) is 17.0 Å². The molecule has 7 nitrogen and oxygen atoms in total. The SMILES string of the molecule is Cc1noc(C)c1-c1ccc(S(=O)(=O)[C@H]2C[C@@H](OC(C)C)[C@H](C(=O)O)C2)c(C(F)(F)F)c1. The van der Waals surface area contributed by atoms with Crippen molar-refractivity contribution in [2.75, 3.05) is 0 Å². The number of sulfone groups is 1. The van der Waals surface area contributed by atoms with Crippen molar-refractivity contribution in [3.8, 4) is 11.1 Å². The third-order valence-corrected chi connectivity index (χ3v) is 7.81. The smallest absolute Gasteiger partial charge is 0.417 e. The third kappa shape index (κ3) is 4.54. The van der Waals surface area contributed by atoms with Gasteiger partial charge in [0.05, 0.1) is 39.5 Å². The van der Waals surface area contributed by atoms with Gasteiger partial charge in [0.25, 0.3) is 0 Å². The van der Waals surface area contributed by atoms with Crippen LogP contribution in [0.2, 0.25) is 0 Å². The molecule has 1 aromatic heterocycles. The molecule has 3 rings (SSSR count). The minimum absolute atomic E-state index is 0.128. The molecule has 1 saturated carbocycles. The molecule has 1 aliphatic carbocycles. The molecule has 0 aliphatic heterocycles. The second kappa shape index (κ2) is 8.51. The number of carbonyl (C=O) groups is 1. The Morgan fingerprint density at radius 2 is 1.91 bits per heavy atom. The van der Waals surface area contributed by atoms with Crippen LogP contribution in [0.3, 0.4) is 0 Å². The molecule has 3 atom stereocenters. The number of hydrogen-bond acceptors (Lipinski definition) is 6. The Balaban J connectivity index is 2.07. The molecular formula is C21H24F3NO6S. The highest BCUT2D eigenvalue weighted by Gasteiger charge is 2.48. The summed E-state index contributed by atoms with van der Waals surface area (Å²) in [5.41, 5.74) is -0.449. The van der Waals surface area contributed by atoms with Crippen LogP contribution in [0.15, 0.2) is 27.6 Å². The lowest BCUT2D eigenvalue weighted by Crippen LogP contribution is -2.27. The number of ether oxygens (including phenoxy) is 1. The van der Waals surface area contributed by atoms with E-state index in [0.717, 1.165) is 12.1 Å². The van der Waals surface area contributed by atoms with Crippen LogP contribution in [0.1, 0.15) is 43.7 Å². The topological polar surface area (TPSA) is 107 Å². The van der Waals surface area contributed by atoms with Crippen LogP contribution in [-0.4, -0.2) is 42.1 Å². The van der Waals surface area contributed by atoms with E-state index in [1.807, 2.05) is 0 Å². The van der Waals surface area contributed by atoms with Crippen LogP contribution in [0, 0.1) is 19.8 Å². The van der Waals surface area contributed by atoms with Crippen LogP contribution in [-0.2, 0) is 25.5 Å². The average Bonchev–Trinajstić information content (AvgIpc) is 3.24. The number of nitrogens with zero attached hydrogens (tertiary/aromatic N) is 1. The maximum atomic E-state index is 13.9. The first kappa shape index (κ1) is 24.2. The second-order valence-corrected chi connectivity index (χ2v) is 10.4. The molecular weight excluding hydrogens is 451 g/mol. The number of alkyl halides is 3. The van der Waals surface area contributed by atoms with Crippen LogP contribution >= 0.6 is 0 Å². The van der Waals surface area contributed by atoms with Crippen LogP contribution < -0.4 is 0 Å². The van der Waals surface area contributed by atoms with Crippen molar-refractivity contribution in [1.29, 1.82) is 0 Å². The lowest BCUT2D eigenvalue weighted by Gasteiger charge is -2.19. The quantitative estimate of drug-likeness (QED) is 0.660. The number of carboxylic acids is 1. The fourth-order valence-corrected chi connectivity index (χ4v) is 6.20. The summed E-state index contributed by atoms with van der Waals surface area (Å²) in [5.74, 6) is -2.05. The summed E-state index contributed by atoms with van der Waals surface area (Å²) >= 11 is 0. The maximum absolute atomic E-state index is 13.9. The standard InChI is InChI=1S/C21H24F3NO6S/c1-10(2)30-17-9-14(8-15(17)20(26)27)32(28,29)18-6-5-13(7-16(18)21(22,23)24)19-11(3)25-31-12(19)4/h5-7,10,14-15,17H,8-9H2,1-4H3,(H,26,27)/t14-,15-,17-/m1/s1. The first-order chi connectivity index (χ1) is 14.7.